The van der Waals surface area contributed by atoms with E-state index in [0.29, 0.717) is 10.2 Å². The first-order chi connectivity index (χ1) is 9.38. The highest BCUT2D eigenvalue weighted by Crippen LogP contribution is 2.25. The van der Waals surface area contributed by atoms with E-state index in [1.54, 1.807) is 19.1 Å². The van der Waals surface area contributed by atoms with Crippen molar-refractivity contribution in [2.75, 3.05) is 5.32 Å². The van der Waals surface area contributed by atoms with Crippen molar-refractivity contribution < 1.29 is 14.3 Å². The van der Waals surface area contributed by atoms with E-state index in [-0.39, 0.29) is 11.3 Å². The summed E-state index contributed by atoms with van der Waals surface area (Å²) in [5.74, 6) is -1.04. The molecule has 0 aliphatic heterocycles. The zero-order valence-electron chi connectivity index (χ0n) is 11.0. The SMILES string of the molecule is Cc1ccc(C(=O)Nc2cc(F)c(Br)cc2C)c(O)c1. The van der Waals surface area contributed by atoms with Gasteiger partial charge in [0.05, 0.1) is 10.0 Å². The van der Waals surface area contributed by atoms with E-state index in [2.05, 4.69) is 21.2 Å². The highest BCUT2D eigenvalue weighted by Gasteiger charge is 2.13. The summed E-state index contributed by atoms with van der Waals surface area (Å²) >= 11 is 3.08. The zero-order chi connectivity index (χ0) is 14.9. The Morgan fingerprint density at radius 1 is 1.25 bits per heavy atom. The van der Waals surface area contributed by atoms with Crippen LogP contribution in [-0.2, 0) is 0 Å². The average Bonchev–Trinajstić information content (AvgIpc) is 2.35. The Morgan fingerprint density at radius 2 is 1.95 bits per heavy atom. The molecule has 2 aromatic carbocycles. The lowest BCUT2D eigenvalue weighted by Gasteiger charge is -2.10. The Balaban J connectivity index is 2.30. The van der Waals surface area contributed by atoms with E-state index in [0.717, 1.165) is 11.1 Å². The number of nitrogens with one attached hydrogen (secondary N) is 1. The van der Waals surface area contributed by atoms with Crippen molar-refractivity contribution in [1.29, 1.82) is 0 Å². The van der Waals surface area contributed by atoms with Crippen molar-refractivity contribution in [3.8, 4) is 5.75 Å². The predicted octanol–water partition coefficient (Wildman–Crippen LogP) is 4.16. The Labute approximate surface area is 124 Å². The molecule has 0 aliphatic rings. The van der Waals surface area contributed by atoms with Crippen LogP contribution in [0.2, 0.25) is 0 Å². The second-order valence-electron chi connectivity index (χ2n) is 4.56. The molecule has 0 radical (unpaired) electrons. The van der Waals surface area contributed by atoms with Gasteiger partial charge in [-0.05, 0) is 65.2 Å². The van der Waals surface area contributed by atoms with Gasteiger partial charge in [-0.25, -0.2) is 4.39 Å². The largest absolute Gasteiger partial charge is 0.507 e. The molecule has 5 heteroatoms. The molecule has 1 amide bonds. The third-order valence-electron chi connectivity index (χ3n) is 2.91. The lowest BCUT2D eigenvalue weighted by atomic mass is 10.1. The number of aryl methyl sites for hydroxylation is 2. The lowest BCUT2D eigenvalue weighted by Crippen LogP contribution is -2.13. The van der Waals surface area contributed by atoms with Crippen molar-refractivity contribution >= 4 is 27.5 Å². The van der Waals surface area contributed by atoms with Crippen molar-refractivity contribution in [2.45, 2.75) is 13.8 Å². The number of carbonyl (C=O) groups is 1. The number of benzene rings is 2. The van der Waals surface area contributed by atoms with Gasteiger partial charge >= 0.3 is 0 Å². The molecule has 0 aliphatic carbocycles. The molecule has 3 nitrogen and oxygen atoms in total. The molecule has 0 unspecified atom stereocenters. The molecule has 0 bridgehead atoms. The minimum atomic E-state index is -0.479. The second kappa shape index (κ2) is 5.63. The molecule has 0 saturated carbocycles. The minimum Gasteiger partial charge on any atom is -0.507 e. The maximum Gasteiger partial charge on any atom is 0.259 e. The van der Waals surface area contributed by atoms with E-state index in [9.17, 15) is 14.3 Å². The lowest BCUT2D eigenvalue weighted by molar-refractivity contribution is 0.102. The Hall–Kier alpha value is -1.88. The summed E-state index contributed by atoms with van der Waals surface area (Å²) in [5, 5.41) is 12.4. The van der Waals surface area contributed by atoms with Crippen LogP contribution in [0.5, 0.6) is 5.75 Å². The van der Waals surface area contributed by atoms with E-state index in [1.807, 2.05) is 6.92 Å². The predicted molar refractivity (Wildman–Crippen MR) is 79.6 cm³/mol. The number of rotatable bonds is 2. The fraction of sp³-hybridized carbons (Fsp3) is 0.133. The number of halogens is 2. The van der Waals surface area contributed by atoms with Gasteiger partial charge in [0.1, 0.15) is 11.6 Å². The van der Waals surface area contributed by atoms with Gasteiger partial charge in [0.2, 0.25) is 0 Å². The van der Waals surface area contributed by atoms with Crippen LogP contribution in [0.1, 0.15) is 21.5 Å². The third kappa shape index (κ3) is 2.99. The molecule has 2 aromatic rings. The number of hydrogen-bond donors (Lipinski definition) is 2. The highest BCUT2D eigenvalue weighted by molar-refractivity contribution is 9.10. The summed E-state index contributed by atoms with van der Waals surface area (Å²) in [7, 11) is 0. The monoisotopic (exact) mass is 337 g/mol. The summed E-state index contributed by atoms with van der Waals surface area (Å²) in [6, 6.07) is 7.58. The van der Waals surface area contributed by atoms with Crippen LogP contribution in [-0.4, -0.2) is 11.0 Å². The molecule has 20 heavy (non-hydrogen) atoms. The quantitative estimate of drug-likeness (QED) is 0.864. The summed E-state index contributed by atoms with van der Waals surface area (Å²) in [5.41, 5.74) is 2.09. The molecule has 104 valence electrons. The van der Waals surface area contributed by atoms with E-state index in [4.69, 9.17) is 0 Å². The zero-order valence-corrected chi connectivity index (χ0v) is 12.6. The Morgan fingerprint density at radius 3 is 2.60 bits per heavy atom. The van der Waals surface area contributed by atoms with Crippen molar-refractivity contribution in [3.05, 3.63) is 57.3 Å². The standard InChI is InChI=1S/C15H13BrFNO2/c1-8-3-4-10(14(19)5-8)15(20)18-13-7-12(17)11(16)6-9(13)2/h3-7,19H,1-2H3,(H,18,20). The van der Waals surface area contributed by atoms with E-state index >= 15 is 0 Å². The fourth-order valence-corrected chi connectivity index (χ4v) is 2.26. The summed E-state index contributed by atoms with van der Waals surface area (Å²) in [6.07, 6.45) is 0. The fourth-order valence-electron chi connectivity index (χ4n) is 1.80. The van der Waals surface area contributed by atoms with Crippen LogP contribution in [0.4, 0.5) is 10.1 Å². The molecule has 0 atom stereocenters. The van der Waals surface area contributed by atoms with Crippen LogP contribution < -0.4 is 5.32 Å². The van der Waals surface area contributed by atoms with Crippen LogP contribution in [0, 0.1) is 19.7 Å². The van der Waals surface area contributed by atoms with Gasteiger partial charge in [-0.1, -0.05) is 6.07 Å². The second-order valence-corrected chi connectivity index (χ2v) is 5.41. The van der Waals surface area contributed by atoms with Crippen LogP contribution in [0.15, 0.2) is 34.8 Å². The van der Waals surface area contributed by atoms with Gasteiger partial charge in [-0.3, -0.25) is 4.79 Å². The molecule has 0 heterocycles. The smallest absolute Gasteiger partial charge is 0.259 e. The van der Waals surface area contributed by atoms with Crippen molar-refractivity contribution in [1.82, 2.24) is 0 Å². The van der Waals surface area contributed by atoms with Gasteiger partial charge in [-0.2, -0.15) is 0 Å². The van der Waals surface area contributed by atoms with Gasteiger partial charge in [0, 0.05) is 5.69 Å². The van der Waals surface area contributed by atoms with Crippen LogP contribution >= 0.6 is 15.9 Å². The first-order valence-electron chi connectivity index (χ1n) is 5.95. The third-order valence-corrected chi connectivity index (χ3v) is 3.52. The number of carbonyl (C=O) groups excluding carboxylic acids is 1. The number of anilines is 1. The average molecular weight is 338 g/mol. The Kier molecular flexibility index (Phi) is 4.09. The number of hydrogen-bond acceptors (Lipinski definition) is 2. The first kappa shape index (κ1) is 14.5. The first-order valence-corrected chi connectivity index (χ1v) is 6.74. The van der Waals surface area contributed by atoms with Gasteiger partial charge in [0.15, 0.2) is 0 Å². The van der Waals surface area contributed by atoms with E-state index < -0.39 is 11.7 Å². The number of phenols is 1. The number of amides is 1. The summed E-state index contributed by atoms with van der Waals surface area (Å²) in [6.45, 7) is 3.57. The van der Waals surface area contributed by atoms with Crippen molar-refractivity contribution in [2.24, 2.45) is 0 Å². The summed E-state index contributed by atoms with van der Waals surface area (Å²) in [4.78, 5) is 12.1. The molecular formula is C15H13BrFNO2. The molecule has 0 fully saturated rings. The number of aromatic hydroxyl groups is 1. The van der Waals surface area contributed by atoms with Gasteiger partial charge < -0.3 is 10.4 Å². The van der Waals surface area contributed by atoms with E-state index in [1.165, 1.54) is 18.2 Å². The topological polar surface area (TPSA) is 49.3 Å². The summed E-state index contributed by atoms with van der Waals surface area (Å²) < 4.78 is 13.8. The normalized spacial score (nSPS) is 10.4. The van der Waals surface area contributed by atoms with Crippen LogP contribution in [0.25, 0.3) is 0 Å². The molecule has 0 aromatic heterocycles. The van der Waals surface area contributed by atoms with Gasteiger partial charge in [0.25, 0.3) is 5.91 Å². The highest BCUT2D eigenvalue weighted by atomic mass is 79.9. The maximum atomic E-state index is 13.5. The van der Waals surface area contributed by atoms with Crippen molar-refractivity contribution in [3.63, 3.8) is 0 Å². The molecule has 2 rings (SSSR count). The van der Waals surface area contributed by atoms with Gasteiger partial charge in [-0.15, -0.1) is 0 Å². The minimum absolute atomic E-state index is 0.0993. The molecule has 0 saturated heterocycles. The Bertz CT molecular complexity index is 686. The molecular weight excluding hydrogens is 325 g/mol. The van der Waals surface area contributed by atoms with Crippen LogP contribution in [0.3, 0.4) is 0 Å². The molecule has 2 N–H and O–H groups in total. The maximum absolute atomic E-state index is 13.5. The number of phenolic OH excluding ortho intramolecular Hbond substituents is 1. The molecule has 0 spiro atoms.